The van der Waals surface area contributed by atoms with Crippen molar-refractivity contribution in [3.63, 3.8) is 0 Å². The summed E-state index contributed by atoms with van der Waals surface area (Å²) in [6, 6.07) is 20.0. The lowest BCUT2D eigenvalue weighted by Gasteiger charge is -2.33. The number of pyridine rings is 1. The summed E-state index contributed by atoms with van der Waals surface area (Å²) in [7, 11) is 1.82. The zero-order valence-corrected chi connectivity index (χ0v) is 23.3. The topological polar surface area (TPSA) is 71.3 Å². The molecule has 1 aliphatic carbocycles. The van der Waals surface area contributed by atoms with Crippen LogP contribution in [-0.2, 0) is 31.4 Å². The van der Waals surface area contributed by atoms with Crippen LogP contribution in [0.25, 0.3) is 22.3 Å². The third kappa shape index (κ3) is 5.56. The number of hydrogen-bond donors (Lipinski definition) is 0. The molecule has 4 aromatic rings. The molecule has 1 fully saturated rings. The molecule has 1 saturated carbocycles. The van der Waals surface area contributed by atoms with E-state index in [9.17, 15) is 9.59 Å². The van der Waals surface area contributed by atoms with Crippen LogP contribution in [0.3, 0.4) is 0 Å². The van der Waals surface area contributed by atoms with E-state index in [4.69, 9.17) is 4.98 Å². The molecular weight excluding hydrogens is 498 g/mol. The van der Waals surface area contributed by atoms with Crippen LogP contribution in [0.2, 0.25) is 0 Å². The third-order valence-corrected chi connectivity index (χ3v) is 8.58. The van der Waals surface area contributed by atoms with Crippen LogP contribution >= 0.6 is 0 Å². The Labute approximate surface area is 235 Å². The van der Waals surface area contributed by atoms with Crippen molar-refractivity contribution in [3.05, 3.63) is 94.0 Å². The van der Waals surface area contributed by atoms with E-state index in [0.717, 1.165) is 79.7 Å². The molecule has 206 valence electrons. The summed E-state index contributed by atoms with van der Waals surface area (Å²) in [6.07, 6.45) is 8.17. The third-order valence-electron chi connectivity index (χ3n) is 8.58. The summed E-state index contributed by atoms with van der Waals surface area (Å²) in [5.41, 5.74) is 4.83. The number of carbonyl (C=O) groups excluding carboxylic acids is 1. The van der Waals surface area contributed by atoms with Crippen LogP contribution < -0.4 is 5.56 Å². The van der Waals surface area contributed by atoms with Gasteiger partial charge in [-0.15, -0.1) is 0 Å². The second-order valence-corrected chi connectivity index (χ2v) is 11.2. The second kappa shape index (κ2) is 11.7. The van der Waals surface area contributed by atoms with Crippen LogP contribution in [0, 0.1) is 5.92 Å². The smallest absolute Gasteiger partial charge is 0.255 e. The molecule has 1 aliphatic heterocycles. The van der Waals surface area contributed by atoms with Crippen LogP contribution in [-0.4, -0.2) is 49.9 Å². The van der Waals surface area contributed by atoms with Crippen molar-refractivity contribution in [1.82, 2.24) is 24.3 Å². The molecule has 6 rings (SSSR count). The number of rotatable bonds is 7. The molecular formula is C33H37N5O2. The van der Waals surface area contributed by atoms with Crippen molar-refractivity contribution in [2.24, 2.45) is 13.0 Å². The van der Waals surface area contributed by atoms with Gasteiger partial charge in [-0.2, -0.15) is 0 Å². The van der Waals surface area contributed by atoms with E-state index in [1.54, 1.807) is 4.57 Å². The van der Waals surface area contributed by atoms with Gasteiger partial charge in [0, 0.05) is 56.5 Å². The maximum Gasteiger partial charge on any atom is 0.255 e. The molecule has 0 bridgehead atoms. The molecule has 0 atom stereocenters. The van der Waals surface area contributed by atoms with E-state index in [-0.39, 0.29) is 17.4 Å². The SMILES string of the molecule is Cn1c(=O)c(CN(CCN2CCc3cnc(-c4ccccc4)nc3C2)C(=O)C2CCCCC2)cc2ccccc21. The van der Waals surface area contributed by atoms with E-state index in [2.05, 4.69) is 9.88 Å². The Morgan fingerprint density at radius 3 is 2.62 bits per heavy atom. The molecule has 2 aliphatic rings. The van der Waals surface area contributed by atoms with Gasteiger partial charge in [-0.3, -0.25) is 14.5 Å². The quantitative estimate of drug-likeness (QED) is 0.334. The fourth-order valence-electron chi connectivity index (χ4n) is 6.22. The van der Waals surface area contributed by atoms with Crippen LogP contribution in [0.5, 0.6) is 0 Å². The summed E-state index contributed by atoms with van der Waals surface area (Å²) in [5.74, 6) is 1.00. The highest BCUT2D eigenvalue weighted by Crippen LogP contribution is 2.27. The Hall–Kier alpha value is -3.84. The zero-order chi connectivity index (χ0) is 27.5. The standard InChI is InChI=1S/C33H37N5O2/c1-36-30-15-9-8-14-26(30)20-28(32(36)39)22-38(33(40)25-12-6-3-7-13-25)19-18-37-17-16-27-21-34-31(35-29(27)23-37)24-10-4-2-5-11-24/h2,4-5,8-11,14-15,20-21,25H,3,6-7,12-13,16-19,22-23H2,1H3. The van der Waals surface area contributed by atoms with Gasteiger partial charge >= 0.3 is 0 Å². The van der Waals surface area contributed by atoms with Crippen molar-refractivity contribution in [1.29, 1.82) is 0 Å². The van der Waals surface area contributed by atoms with Gasteiger partial charge in [0.1, 0.15) is 0 Å². The maximum absolute atomic E-state index is 13.8. The van der Waals surface area contributed by atoms with Crippen LogP contribution in [0.4, 0.5) is 0 Å². The fraction of sp³-hybridized carbons (Fsp3) is 0.394. The summed E-state index contributed by atoms with van der Waals surface area (Å²) in [5, 5.41) is 1.02. The number of para-hydroxylation sites is 1. The first-order valence-electron chi connectivity index (χ1n) is 14.6. The van der Waals surface area contributed by atoms with Gasteiger partial charge in [-0.1, -0.05) is 67.8 Å². The van der Waals surface area contributed by atoms with E-state index >= 15 is 0 Å². The summed E-state index contributed by atoms with van der Waals surface area (Å²) in [4.78, 5) is 41.0. The van der Waals surface area contributed by atoms with E-state index in [0.29, 0.717) is 18.7 Å². The van der Waals surface area contributed by atoms with E-state index in [1.165, 1.54) is 12.0 Å². The van der Waals surface area contributed by atoms with Gasteiger partial charge in [0.05, 0.1) is 17.8 Å². The highest BCUT2D eigenvalue weighted by Gasteiger charge is 2.28. The zero-order valence-electron chi connectivity index (χ0n) is 23.3. The normalized spacial score (nSPS) is 16.1. The molecule has 0 saturated heterocycles. The Balaban J connectivity index is 1.21. The van der Waals surface area contributed by atoms with Crippen molar-refractivity contribution >= 4 is 16.8 Å². The average Bonchev–Trinajstić information content (AvgIpc) is 3.01. The number of amides is 1. The Morgan fingerprint density at radius 2 is 1.80 bits per heavy atom. The first-order valence-corrected chi connectivity index (χ1v) is 14.6. The van der Waals surface area contributed by atoms with Gasteiger partial charge in [-0.05, 0) is 42.3 Å². The number of benzene rings is 2. The largest absolute Gasteiger partial charge is 0.337 e. The predicted molar refractivity (Wildman–Crippen MR) is 158 cm³/mol. The minimum absolute atomic E-state index is 0.0304. The minimum atomic E-state index is -0.0304. The average molecular weight is 536 g/mol. The molecule has 7 nitrogen and oxygen atoms in total. The van der Waals surface area contributed by atoms with Gasteiger partial charge in [-0.25, -0.2) is 9.97 Å². The fourth-order valence-corrected chi connectivity index (χ4v) is 6.22. The lowest BCUT2D eigenvalue weighted by atomic mass is 9.88. The summed E-state index contributed by atoms with van der Waals surface area (Å²) in [6.45, 7) is 3.33. The molecule has 7 heteroatoms. The Bertz CT molecular complexity index is 1560. The molecule has 3 heterocycles. The first-order chi connectivity index (χ1) is 19.6. The molecule has 0 spiro atoms. The number of nitrogens with zero attached hydrogens (tertiary/aromatic N) is 5. The number of fused-ring (bicyclic) bond motifs is 2. The number of aromatic nitrogens is 3. The van der Waals surface area contributed by atoms with E-state index < -0.39 is 0 Å². The monoisotopic (exact) mass is 535 g/mol. The van der Waals surface area contributed by atoms with E-state index in [1.807, 2.05) is 78.8 Å². The molecule has 1 amide bonds. The van der Waals surface area contributed by atoms with Gasteiger partial charge in [0.25, 0.3) is 5.56 Å². The molecule has 0 N–H and O–H groups in total. The van der Waals surface area contributed by atoms with Gasteiger partial charge in [0.2, 0.25) is 5.91 Å². The predicted octanol–water partition coefficient (Wildman–Crippen LogP) is 4.96. The molecule has 2 aromatic heterocycles. The maximum atomic E-state index is 13.8. The van der Waals surface area contributed by atoms with Gasteiger partial charge in [0.15, 0.2) is 5.82 Å². The van der Waals surface area contributed by atoms with Crippen molar-refractivity contribution in [3.8, 4) is 11.4 Å². The second-order valence-electron chi connectivity index (χ2n) is 11.2. The summed E-state index contributed by atoms with van der Waals surface area (Å²) < 4.78 is 1.71. The Kier molecular flexibility index (Phi) is 7.73. The number of aryl methyl sites for hydroxylation is 1. The molecule has 0 radical (unpaired) electrons. The number of hydrogen-bond acceptors (Lipinski definition) is 5. The van der Waals surface area contributed by atoms with Gasteiger partial charge < -0.3 is 9.47 Å². The summed E-state index contributed by atoms with van der Waals surface area (Å²) >= 11 is 0. The molecule has 40 heavy (non-hydrogen) atoms. The van der Waals surface area contributed by atoms with Crippen molar-refractivity contribution < 1.29 is 4.79 Å². The molecule has 0 unspecified atom stereocenters. The van der Waals surface area contributed by atoms with Crippen molar-refractivity contribution in [2.75, 3.05) is 19.6 Å². The lowest BCUT2D eigenvalue weighted by molar-refractivity contribution is -0.137. The number of carbonyl (C=O) groups is 1. The molecule has 2 aromatic carbocycles. The highest BCUT2D eigenvalue weighted by molar-refractivity contribution is 5.81. The van der Waals surface area contributed by atoms with Crippen molar-refractivity contribution in [2.45, 2.75) is 51.6 Å². The Morgan fingerprint density at radius 1 is 1.02 bits per heavy atom. The first kappa shape index (κ1) is 26.4. The lowest BCUT2D eigenvalue weighted by Crippen LogP contribution is -2.44. The van der Waals surface area contributed by atoms with Crippen LogP contribution in [0.15, 0.2) is 71.7 Å². The highest BCUT2D eigenvalue weighted by atomic mass is 16.2. The minimum Gasteiger partial charge on any atom is -0.337 e. The van der Waals surface area contributed by atoms with Crippen LogP contribution in [0.1, 0.15) is 48.9 Å².